The fraction of sp³-hybridized carbons (Fsp3) is 0.263. The highest BCUT2D eigenvalue weighted by Gasteiger charge is 2.32. The van der Waals surface area contributed by atoms with Crippen LogP contribution in [0.2, 0.25) is 0 Å². The van der Waals surface area contributed by atoms with Crippen LogP contribution >= 0.6 is 0 Å². The third kappa shape index (κ3) is 4.04. The minimum atomic E-state index is -0.712. The quantitative estimate of drug-likeness (QED) is 0.660. The summed E-state index contributed by atoms with van der Waals surface area (Å²) < 4.78 is 0. The second-order valence-electron chi connectivity index (χ2n) is 6.01. The van der Waals surface area contributed by atoms with Crippen LogP contribution in [0, 0.1) is 0 Å². The smallest absolute Gasteiger partial charge is 0.246 e. The number of likely N-dealkylation sites (N-methyl/N-ethyl adjacent to an activating group) is 1. The third-order valence-corrected chi connectivity index (χ3v) is 4.35. The molecule has 2 aromatic carbocycles. The van der Waals surface area contributed by atoms with Gasteiger partial charge in [-0.15, -0.1) is 0 Å². The van der Waals surface area contributed by atoms with Gasteiger partial charge in [0.1, 0.15) is 12.1 Å². The van der Waals surface area contributed by atoms with Crippen LogP contribution in [0.15, 0.2) is 60.7 Å². The Bertz CT molecular complexity index is 721. The SMILES string of the molecule is CNC(=O)C(NC(=O)C1CC(c2ccccc2)NN1)c1ccccc1. The average Bonchev–Trinajstić information content (AvgIpc) is 3.17. The zero-order valence-electron chi connectivity index (χ0n) is 14.0. The van der Waals surface area contributed by atoms with Crippen LogP contribution in [-0.4, -0.2) is 24.9 Å². The maximum absolute atomic E-state index is 12.6. The van der Waals surface area contributed by atoms with Crippen LogP contribution in [0.4, 0.5) is 0 Å². The van der Waals surface area contributed by atoms with Crippen molar-refractivity contribution >= 4 is 11.8 Å². The van der Waals surface area contributed by atoms with Crippen molar-refractivity contribution in [3.8, 4) is 0 Å². The van der Waals surface area contributed by atoms with Gasteiger partial charge in [-0.25, -0.2) is 10.9 Å². The summed E-state index contributed by atoms with van der Waals surface area (Å²) in [5.74, 6) is -0.450. The Balaban J connectivity index is 1.67. The molecular formula is C19H22N4O2. The molecule has 1 saturated heterocycles. The summed E-state index contributed by atoms with van der Waals surface area (Å²) in [6.45, 7) is 0. The lowest BCUT2D eigenvalue weighted by molar-refractivity contribution is -0.129. The van der Waals surface area contributed by atoms with Gasteiger partial charge in [-0.1, -0.05) is 60.7 Å². The fourth-order valence-electron chi connectivity index (χ4n) is 2.97. The molecule has 1 aliphatic heterocycles. The largest absolute Gasteiger partial charge is 0.357 e. The second-order valence-corrected chi connectivity index (χ2v) is 6.01. The monoisotopic (exact) mass is 338 g/mol. The van der Waals surface area contributed by atoms with Crippen molar-refractivity contribution in [2.75, 3.05) is 7.05 Å². The van der Waals surface area contributed by atoms with Gasteiger partial charge >= 0.3 is 0 Å². The summed E-state index contributed by atoms with van der Waals surface area (Å²) in [4.78, 5) is 24.8. The first-order valence-corrected chi connectivity index (χ1v) is 8.32. The number of hydrogen-bond donors (Lipinski definition) is 4. The van der Waals surface area contributed by atoms with E-state index in [4.69, 9.17) is 0 Å². The molecule has 2 aromatic rings. The van der Waals surface area contributed by atoms with Gasteiger partial charge in [0.05, 0.1) is 0 Å². The maximum atomic E-state index is 12.6. The molecule has 6 heteroatoms. The van der Waals surface area contributed by atoms with Crippen LogP contribution in [0.3, 0.4) is 0 Å². The van der Waals surface area contributed by atoms with Crippen LogP contribution < -0.4 is 21.5 Å². The van der Waals surface area contributed by atoms with Gasteiger partial charge in [-0.05, 0) is 17.5 Å². The van der Waals surface area contributed by atoms with Crippen molar-refractivity contribution in [3.63, 3.8) is 0 Å². The van der Waals surface area contributed by atoms with E-state index in [0.717, 1.165) is 11.1 Å². The van der Waals surface area contributed by atoms with E-state index in [1.807, 2.05) is 60.7 Å². The predicted molar refractivity (Wildman–Crippen MR) is 95.3 cm³/mol. The maximum Gasteiger partial charge on any atom is 0.246 e. The van der Waals surface area contributed by atoms with Crippen LogP contribution in [-0.2, 0) is 9.59 Å². The highest BCUT2D eigenvalue weighted by molar-refractivity contribution is 5.90. The van der Waals surface area contributed by atoms with Gasteiger partial charge in [0.2, 0.25) is 11.8 Å². The Morgan fingerprint density at radius 3 is 2.28 bits per heavy atom. The number of carbonyl (C=O) groups is 2. The minimum absolute atomic E-state index is 0.0622. The van der Waals surface area contributed by atoms with Crippen molar-refractivity contribution in [2.45, 2.75) is 24.5 Å². The molecule has 0 radical (unpaired) electrons. The molecular weight excluding hydrogens is 316 g/mol. The van der Waals surface area contributed by atoms with Crippen molar-refractivity contribution in [3.05, 3.63) is 71.8 Å². The molecule has 3 atom stereocenters. The topological polar surface area (TPSA) is 82.3 Å². The van der Waals surface area contributed by atoms with Crippen molar-refractivity contribution in [1.29, 1.82) is 0 Å². The van der Waals surface area contributed by atoms with Crippen molar-refractivity contribution < 1.29 is 9.59 Å². The Morgan fingerprint density at radius 1 is 1.00 bits per heavy atom. The van der Waals surface area contributed by atoms with E-state index in [9.17, 15) is 9.59 Å². The minimum Gasteiger partial charge on any atom is -0.357 e. The van der Waals surface area contributed by atoms with E-state index in [2.05, 4.69) is 21.5 Å². The lowest BCUT2D eigenvalue weighted by Crippen LogP contribution is -2.47. The standard InChI is InChI=1S/C19H22N4O2/c1-20-19(25)17(14-10-6-3-7-11-14)21-18(24)16-12-15(22-23-16)13-8-4-2-5-9-13/h2-11,15-17,22-23H,12H2,1H3,(H,20,25)(H,21,24). The first-order chi connectivity index (χ1) is 12.2. The molecule has 0 spiro atoms. The number of amides is 2. The number of hydrazine groups is 1. The third-order valence-electron chi connectivity index (χ3n) is 4.35. The summed E-state index contributed by atoms with van der Waals surface area (Å²) in [6.07, 6.45) is 0.616. The molecule has 3 rings (SSSR count). The zero-order valence-corrected chi connectivity index (χ0v) is 14.0. The van der Waals surface area contributed by atoms with E-state index >= 15 is 0 Å². The van der Waals surface area contributed by atoms with E-state index in [-0.39, 0.29) is 17.9 Å². The van der Waals surface area contributed by atoms with Gasteiger partial charge in [0, 0.05) is 13.1 Å². The molecule has 25 heavy (non-hydrogen) atoms. The molecule has 0 saturated carbocycles. The van der Waals surface area contributed by atoms with Gasteiger partial charge in [-0.2, -0.15) is 0 Å². The lowest BCUT2D eigenvalue weighted by atomic mass is 10.0. The van der Waals surface area contributed by atoms with E-state index in [1.54, 1.807) is 7.05 Å². The average molecular weight is 338 g/mol. The highest BCUT2D eigenvalue weighted by atomic mass is 16.2. The molecule has 130 valence electrons. The van der Waals surface area contributed by atoms with Crippen LogP contribution in [0.25, 0.3) is 0 Å². The first-order valence-electron chi connectivity index (χ1n) is 8.32. The van der Waals surface area contributed by atoms with E-state index in [0.29, 0.717) is 6.42 Å². The summed E-state index contributed by atoms with van der Waals surface area (Å²) in [5.41, 5.74) is 8.05. The van der Waals surface area contributed by atoms with Gasteiger partial charge in [0.25, 0.3) is 0 Å². The molecule has 1 fully saturated rings. The lowest BCUT2D eigenvalue weighted by Gasteiger charge is -2.20. The zero-order chi connectivity index (χ0) is 17.6. The Labute approximate surface area is 147 Å². The van der Waals surface area contributed by atoms with Crippen LogP contribution in [0.5, 0.6) is 0 Å². The summed E-state index contributed by atoms with van der Waals surface area (Å²) in [7, 11) is 1.56. The summed E-state index contributed by atoms with van der Waals surface area (Å²) in [6, 6.07) is 18.1. The Kier molecular flexibility index (Phi) is 5.42. The molecule has 3 unspecified atom stereocenters. The molecule has 1 aliphatic rings. The number of benzene rings is 2. The number of hydrogen-bond acceptors (Lipinski definition) is 4. The Hall–Kier alpha value is -2.70. The van der Waals surface area contributed by atoms with Crippen LogP contribution in [0.1, 0.15) is 29.6 Å². The van der Waals surface area contributed by atoms with Gasteiger partial charge in [0.15, 0.2) is 0 Å². The number of nitrogens with one attached hydrogen (secondary N) is 4. The number of rotatable bonds is 5. The van der Waals surface area contributed by atoms with E-state index < -0.39 is 12.1 Å². The normalized spacial score (nSPS) is 20.7. The first kappa shape index (κ1) is 17.1. The molecule has 0 bridgehead atoms. The summed E-state index contributed by atoms with van der Waals surface area (Å²) >= 11 is 0. The summed E-state index contributed by atoms with van der Waals surface area (Å²) in [5, 5.41) is 5.45. The molecule has 4 N–H and O–H groups in total. The number of carbonyl (C=O) groups excluding carboxylic acids is 2. The molecule has 0 aromatic heterocycles. The van der Waals surface area contributed by atoms with Gasteiger partial charge < -0.3 is 10.6 Å². The fourth-order valence-corrected chi connectivity index (χ4v) is 2.97. The van der Waals surface area contributed by atoms with Crippen molar-refractivity contribution in [2.24, 2.45) is 0 Å². The van der Waals surface area contributed by atoms with Gasteiger partial charge in [-0.3, -0.25) is 9.59 Å². The molecule has 0 aliphatic carbocycles. The Morgan fingerprint density at radius 2 is 1.64 bits per heavy atom. The van der Waals surface area contributed by atoms with E-state index in [1.165, 1.54) is 0 Å². The molecule has 2 amide bonds. The van der Waals surface area contributed by atoms with Crippen molar-refractivity contribution in [1.82, 2.24) is 21.5 Å². The highest BCUT2D eigenvalue weighted by Crippen LogP contribution is 2.22. The molecule has 6 nitrogen and oxygen atoms in total. The predicted octanol–water partition coefficient (Wildman–Crippen LogP) is 1.20. The second kappa shape index (κ2) is 7.92. The molecule has 1 heterocycles.